The van der Waals surface area contributed by atoms with Crippen LogP contribution in [0, 0.1) is 5.92 Å². The number of alkyl halides is 3. The van der Waals surface area contributed by atoms with Crippen molar-refractivity contribution in [1.82, 2.24) is 24.2 Å². The number of ether oxygens (including phenoxy) is 1. The zero-order valence-corrected chi connectivity index (χ0v) is 16.0. The van der Waals surface area contributed by atoms with Gasteiger partial charge in [-0.2, -0.15) is 18.3 Å². The van der Waals surface area contributed by atoms with E-state index >= 15 is 0 Å². The molecule has 0 spiro atoms. The Kier molecular flexibility index (Phi) is 6.58. The quantitative estimate of drug-likeness (QED) is 0.822. The zero-order chi connectivity index (χ0) is 21.0. The lowest BCUT2D eigenvalue weighted by atomic mass is 10.0. The number of hydrogen-bond acceptors (Lipinski definition) is 5. The predicted molar refractivity (Wildman–Crippen MR) is 95.8 cm³/mol. The zero-order valence-electron chi connectivity index (χ0n) is 16.0. The molecule has 3 unspecified atom stereocenters. The molecule has 4 rings (SSSR count). The Balaban J connectivity index is 0.000000298. The second-order valence-electron chi connectivity index (χ2n) is 7.20. The Morgan fingerprint density at radius 2 is 2.07 bits per heavy atom. The predicted octanol–water partition coefficient (Wildman–Crippen LogP) is 1.93. The SMILES string of the molecule is Cn1ccnc1CN1CCOC2C(Cn3cccn3)CCC21.O=C(O)C(F)(F)F. The third-order valence-corrected chi connectivity index (χ3v) is 5.32. The van der Waals surface area contributed by atoms with Gasteiger partial charge in [0.25, 0.3) is 0 Å². The summed E-state index contributed by atoms with van der Waals surface area (Å²) >= 11 is 0. The molecule has 160 valence electrons. The molecule has 1 N–H and O–H groups in total. The van der Waals surface area contributed by atoms with E-state index in [-0.39, 0.29) is 0 Å². The monoisotopic (exact) mass is 415 g/mol. The summed E-state index contributed by atoms with van der Waals surface area (Å²) in [5.41, 5.74) is 0. The number of aromatic nitrogens is 4. The van der Waals surface area contributed by atoms with Crippen LogP contribution in [0.5, 0.6) is 0 Å². The van der Waals surface area contributed by atoms with Crippen molar-refractivity contribution in [2.45, 2.75) is 44.3 Å². The molecule has 0 amide bonds. The van der Waals surface area contributed by atoms with Crippen molar-refractivity contribution < 1.29 is 27.8 Å². The minimum atomic E-state index is -5.08. The molecule has 0 radical (unpaired) electrons. The number of carboxylic acid groups (broad SMARTS) is 1. The van der Waals surface area contributed by atoms with Crippen molar-refractivity contribution in [3.8, 4) is 0 Å². The molecule has 2 aliphatic rings. The molecule has 0 aromatic carbocycles. The molecule has 2 aromatic rings. The Hall–Kier alpha value is -2.40. The maximum absolute atomic E-state index is 10.6. The number of nitrogens with zero attached hydrogens (tertiary/aromatic N) is 5. The van der Waals surface area contributed by atoms with Crippen LogP contribution in [0.1, 0.15) is 18.7 Å². The van der Waals surface area contributed by atoms with Crippen molar-refractivity contribution in [2.24, 2.45) is 13.0 Å². The van der Waals surface area contributed by atoms with Gasteiger partial charge >= 0.3 is 12.1 Å². The number of carbonyl (C=O) groups is 1. The summed E-state index contributed by atoms with van der Waals surface area (Å²) < 4.78 is 42.0. The lowest BCUT2D eigenvalue weighted by molar-refractivity contribution is -0.192. The fourth-order valence-electron chi connectivity index (χ4n) is 3.91. The van der Waals surface area contributed by atoms with Gasteiger partial charge in [0.15, 0.2) is 0 Å². The van der Waals surface area contributed by atoms with Crippen molar-refractivity contribution in [2.75, 3.05) is 13.2 Å². The molecule has 11 heteroatoms. The average Bonchev–Trinajstić information content (AvgIpc) is 3.39. The van der Waals surface area contributed by atoms with Gasteiger partial charge in [-0.25, -0.2) is 9.78 Å². The number of rotatable bonds is 4. The Bertz CT molecular complexity index is 793. The number of fused-ring (bicyclic) bond motifs is 1. The van der Waals surface area contributed by atoms with Crippen LogP contribution < -0.4 is 0 Å². The van der Waals surface area contributed by atoms with E-state index in [2.05, 4.69) is 26.6 Å². The second-order valence-corrected chi connectivity index (χ2v) is 7.20. The molecule has 1 saturated carbocycles. The van der Waals surface area contributed by atoms with Gasteiger partial charge in [0, 0.05) is 56.9 Å². The summed E-state index contributed by atoms with van der Waals surface area (Å²) in [6.07, 6.45) is 5.46. The molecule has 1 aliphatic heterocycles. The van der Waals surface area contributed by atoms with Crippen LogP contribution in [0.4, 0.5) is 13.2 Å². The Morgan fingerprint density at radius 1 is 1.31 bits per heavy atom. The standard InChI is InChI=1S/C16H23N5O.C2HF3O2/c1-19-8-6-17-15(19)12-20-9-10-22-16-13(3-4-14(16)20)11-21-7-2-5-18-21;3-2(4,5)1(6)7/h2,5-8,13-14,16H,3-4,9-12H2,1H3;(H,6,7). The molecule has 2 aromatic heterocycles. The largest absolute Gasteiger partial charge is 0.490 e. The van der Waals surface area contributed by atoms with E-state index in [1.54, 1.807) is 0 Å². The normalized spacial score (nSPS) is 24.6. The van der Waals surface area contributed by atoms with Crippen molar-refractivity contribution in [1.29, 1.82) is 0 Å². The lowest BCUT2D eigenvalue weighted by Crippen LogP contribution is -2.50. The van der Waals surface area contributed by atoms with Gasteiger partial charge in [-0.3, -0.25) is 9.58 Å². The van der Waals surface area contributed by atoms with Crippen LogP contribution in [0.15, 0.2) is 30.9 Å². The fraction of sp³-hybridized carbons (Fsp3) is 0.611. The van der Waals surface area contributed by atoms with Gasteiger partial charge in [0.05, 0.1) is 19.3 Å². The van der Waals surface area contributed by atoms with E-state index in [1.165, 1.54) is 12.8 Å². The van der Waals surface area contributed by atoms with Crippen LogP contribution in [0.3, 0.4) is 0 Å². The highest BCUT2D eigenvalue weighted by atomic mass is 19.4. The minimum absolute atomic E-state index is 0.332. The summed E-state index contributed by atoms with van der Waals surface area (Å²) in [6, 6.07) is 2.51. The number of aryl methyl sites for hydroxylation is 1. The second kappa shape index (κ2) is 8.95. The Morgan fingerprint density at radius 3 is 2.66 bits per heavy atom. The van der Waals surface area contributed by atoms with E-state index in [9.17, 15) is 13.2 Å². The molecule has 3 heterocycles. The third kappa shape index (κ3) is 5.36. The molecule has 29 heavy (non-hydrogen) atoms. The lowest BCUT2D eigenvalue weighted by Gasteiger charge is -2.39. The Labute approximate surface area is 165 Å². The topological polar surface area (TPSA) is 85.4 Å². The van der Waals surface area contributed by atoms with Gasteiger partial charge in [0.1, 0.15) is 5.82 Å². The van der Waals surface area contributed by atoms with E-state index in [1.807, 2.05) is 35.5 Å². The van der Waals surface area contributed by atoms with Gasteiger partial charge < -0.3 is 14.4 Å². The fourth-order valence-corrected chi connectivity index (χ4v) is 3.91. The maximum Gasteiger partial charge on any atom is 0.490 e. The van der Waals surface area contributed by atoms with Gasteiger partial charge in [-0.15, -0.1) is 0 Å². The minimum Gasteiger partial charge on any atom is -0.475 e. The van der Waals surface area contributed by atoms with Crippen molar-refractivity contribution in [3.63, 3.8) is 0 Å². The number of halogens is 3. The molecule has 0 bridgehead atoms. The first kappa shape index (κ1) is 21.3. The summed E-state index contributed by atoms with van der Waals surface area (Å²) in [7, 11) is 2.06. The van der Waals surface area contributed by atoms with E-state index in [0.717, 1.165) is 32.1 Å². The first-order chi connectivity index (χ1) is 13.8. The molecule has 8 nitrogen and oxygen atoms in total. The van der Waals surface area contributed by atoms with Crippen LogP contribution in [0.25, 0.3) is 0 Å². The molecule has 3 atom stereocenters. The summed E-state index contributed by atoms with van der Waals surface area (Å²) in [5, 5.41) is 11.5. The first-order valence-corrected chi connectivity index (χ1v) is 9.35. The van der Waals surface area contributed by atoms with Crippen LogP contribution in [0.2, 0.25) is 0 Å². The average molecular weight is 415 g/mol. The van der Waals surface area contributed by atoms with Gasteiger partial charge in [0.2, 0.25) is 0 Å². The van der Waals surface area contributed by atoms with Gasteiger partial charge in [-0.05, 0) is 18.9 Å². The number of imidazole rings is 1. The third-order valence-electron chi connectivity index (χ3n) is 5.32. The summed E-state index contributed by atoms with van der Waals surface area (Å²) in [5.74, 6) is -1.06. The highest BCUT2D eigenvalue weighted by molar-refractivity contribution is 5.73. The van der Waals surface area contributed by atoms with Crippen molar-refractivity contribution >= 4 is 5.97 Å². The highest BCUT2D eigenvalue weighted by Crippen LogP contribution is 2.36. The maximum atomic E-state index is 10.6. The number of aliphatic carboxylic acids is 1. The number of hydrogen-bond donors (Lipinski definition) is 1. The first-order valence-electron chi connectivity index (χ1n) is 9.35. The summed E-state index contributed by atoms with van der Waals surface area (Å²) in [4.78, 5) is 15.9. The van der Waals surface area contributed by atoms with E-state index < -0.39 is 12.1 Å². The van der Waals surface area contributed by atoms with Crippen LogP contribution >= 0.6 is 0 Å². The van der Waals surface area contributed by atoms with E-state index in [0.29, 0.717) is 18.1 Å². The summed E-state index contributed by atoms with van der Waals surface area (Å²) in [6.45, 7) is 3.71. The number of morpholine rings is 1. The molecular weight excluding hydrogens is 391 g/mol. The van der Waals surface area contributed by atoms with Gasteiger partial charge in [-0.1, -0.05) is 0 Å². The molecule has 1 aliphatic carbocycles. The van der Waals surface area contributed by atoms with Crippen molar-refractivity contribution in [3.05, 3.63) is 36.7 Å². The van der Waals surface area contributed by atoms with Crippen LogP contribution in [-0.4, -0.2) is 66.8 Å². The number of carboxylic acids is 1. The highest BCUT2D eigenvalue weighted by Gasteiger charge is 2.43. The molecular formula is C18H24F3N5O3. The smallest absolute Gasteiger partial charge is 0.475 e. The molecule has 2 fully saturated rings. The van der Waals surface area contributed by atoms with E-state index in [4.69, 9.17) is 14.6 Å². The van der Waals surface area contributed by atoms with Crippen LogP contribution in [-0.2, 0) is 29.7 Å². The molecule has 1 saturated heterocycles.